The minimum absolute atomic E-state index is 0. The number of carbonyl (C=O) groups is 1. The van der Waals surface area contributed by atoms with E-state index in [4.69, 9.17) is 11.6 Å². The molecule has 0 spiro atoms. The number of carbonyl (C=O) groups excluding carboxylic acids is 1. The van der Waals surface area contributed by atoms with Crippen LogP contribution in [-0.4, -0.2) is 59.4 Å². The Morgan fingerprint density at radius 3 is 2.58 bits per heavy atom. The molecule has 192 valence electrons. The molecule has 4 aromatic rings. The average molecular weight is 550 g/mol. The first-order valence-electron chi connectivity index (χ1n) is 11.3. The van der Waals surface area contributed by atoms with Crippen molar-refractivity contribution in [2.24, 2.45) is 0 Å². The molecular weight excluding hydrogens is 522 g/mol. The minimum Gasteiger partial charge on any atom is -0.369 e. The zero-order valence-corrected chi connectivity index (χ0v) is 21.6. The third kappa shape index (κ3) is 5.62. The molecule has 1 amide bonds. The fourth-order valence-electron chi connectivity index (χ4n) is 4.12. The first-order valence-corrected chi connectivity index (χ1v) is 13.9. The van der Waals surface area contributed by atoms with Crippen LogP contribution in [0.25, 0.3) is 10.9 Å². The van der Waals surface area contributed by atoms with E-state index >= 15 is 0 Å². The predicted octanol–water partition coefficient (Wildman–Crippen LogP) is 3.68. The maximum atomic E-state index is 12.5. The zero-order chi connectivity index (χ0) is 25.1. The van der Waals surface area contributed by atoms with Crippen LogP contribution in [0.3, 0.4) is 0 Å². The first kappa shape index (κ1) is 24.5. The van der Waals surface area contributed by atoms with Gasteiger partial charge < -0.3 is 9.47 Å². The lowest BCUT2D eigenvalue weighted by Crippen LogP contribution is -2.53. The number of hydrogen-bond donors (Lipinski definition) is 2. The summed E-state index contributed by atoms with van der Waals surface area (Å²) in [5, 5.41) is 3.90. The van der Waals surface area contributed by atoms with Crippen LogP contribution in [0, 0.1) is 0 Å². The molecular formula is C23H28ClN7O3S2. The fourth-order valence-corrected chi connectivity index (χ4v) is 5.97. The first-order chi connectivity index (χ1) is 17.4. The van der Waals surface area contributed by atoms with Crippen LogP contribution >= 0.6 is 23.1 Å². The summed E-state index contributed by atoms with van der Waals surface area (Å²) >= 11 is 7.03. The SMILES string of the molecule is O=C(CCn1ccc2cc(Cl)ccc21)NN1CCN(c2ccc(S(=O)(=O)Nc3ncns3)cc2)CC1.[HH].[HH]. The number of nitrogens with one attached hydrogen (secondary N) is 2. The predicted molar refractivity (Wildman–Crippen MR) is 145 cm³/mol. The fraction of sp³-hybridized carbons (Fsp3) is 0.261. The summed E-state index contributed by atoms with van der Waals surface area (Å²) < 4.78 is 33.3. The molecule has 13 heteroatoms. The number of rotatable bonds is 8. The second-order valence-corrected chi connectivity index (χ2v) is 11.2. The Bertz CT molecular complexity index is 1460. The number of aryl methyl sites for hydroxylation is 1. The van der Waals surface area contributed by atoms with Crippen molar-refractivity contribution in [2.75, 3.05) is 35.8 Å². The van der Waals surface area contributed by atoms with Crippen molar-refractivity contribution >= 4 is 60.8 Å². The van der Waals surface area contributed by atoms with Crippen LogP contribution in [0.1, 0.15) is 9.27 Å². The van der Waals surface area contributed by atoms with Gasteiger partial charge in [0.05, 0.1) is 4.90 Å². The van der Waals surface area contributed by atoms with E-state index in [1.807, 2.05) is 35.5 Å². The summed E-state index contributed by atoms with van der Waals surface area (Å²) in [6.45, 7) is 3.32. The van der Waals surface area contributed by atoms with Crippen molar-refractivity contribution in [2.45, 2.75) is 17.9 Å². The van der Waals surface area contributed by atoms with Gasteiger partial charge in [-0.2, -0.15) is 4.37 Å². The topological polar surface area (TPSA) is 112 Å². The van der Waals surface area contributed by atoms with Gasteiger partial charge in [-0.1, -0.05) is 11.6 Å². The van der Waals surface area contributed by atoms with Crippen molar-refractivity contribution in [1.82, 2.24) is 24.4 Å². The van der Waals surface area contributed by atoms with E-state index in [0.717, 1.165) is 28.1 Å². The van der Waals surface area contributed by atoms with Gasteiger partial charge in [0.25, 0.3) is 10.0 Å². The van der Waals surface area contributed by atoms with Crippen molar-refractivity contribution < 1.29 is 16.1 Å². The highest BCUT2D eigenvalue weighted by molar-refractivity contribution is 7.93. The highest BCUT2D eigenvalue weighted by Crippen LogP contribution is 2.22. The lowest BCUT2D eigenvalue weighted by Gasteiger charge is -2.36. The summed E-state index contributed by atoms with van der Waals surface area (Å²) in [6.07, 6.45) is 3.64. The van der Waals surface area contributed by atoms with Gasteiger partial charge in [0.2, 0.25) is 11.0 Å². The van der Waals surface area contributed by atoms with E-state index in [1.54, 1.807) is 24.3 Å². The van der Waals surface area contributed by atoms with Crippen molar-refractivity contribution in [3.8, 4) is 0 Å². The quantitative estimate of drug-likeness (QED) is 0.345. The van der Waals surface area contributed by atoms with Crippen molar-refractivity contribution in [3.63, 3.8) is 0 Å². The molecule has 1 aliphatic heterocycles. The van der Waals surface area contributed by atoms with Gasteiger partial charge in [-0.3, -0.25) is 14.9 Å². The smallest absolute Gasteiger partial charge is 0.263 e. The van der Waals surface area contributed by atoms with Gasteiger partial charge in [0.1, 0.15) is 6.33 Å². The van der Waals surface area contributed by atoms with Crippen LogP contribution in [0.4, 0.5) is 10.8 Å². The Morgan fingerprint density at radius 2 is 1.86 bits per heavy atom. The van der Waals surface area contributed by atoms with Crippen molar-refractivity contribution in [1.29, 1.82) is 0 Å². The normalized spacial score (nSPS) is 14.8. The Balaban J connectivity index is 0.00000200. The number of piperazine rings is 1. The number of fused-ring (bicyclic) bond motifs is 1. The van der Waals surface area contributed by atoms with Gasteiger partial charge >= 0.3 is 0 Å². The molecule has 1 fully saturated rings. The molecule has 2 N–H and O–H groups in total. The number of amides is 1. The van der Waals surface area contributed by atoms with E-state index in [1.165, 1.54) is 6.33 Å². The third-order valence-corrected chi connectivity index (χ3v) is 8.27. The van der Waals surface area contributed by atoms with Gasteiger partial charge in [0, 0.05) is 81.3 Å². The highest BCUT2D eigenvalue weighted by Gasteiger charge is 2.20. The van der Waals surface area contributed by atoms with Crippen LogP contribution in [0.5, 0.6) is 0 Å². The van der Waals surface area contributed by atoms with Crippen LogP contribution in [0.15, 0.2) is 66.0 Å². The standard InChI is InChI=1S/C23H24ClN7O3S2.2H2/c24-18-1-6-21-17(15-18)7-9-30(21)10-8-22(32)27-31-13-11-29(12-14-31)19-2-4-20(5-3-19)36(33,34)28-23-25-16-26-35-23;;/h1-7,9,15-16H,8,10-14H2,(H,27,32)(H,25,26,28);2*1H. The molecule has 10 nitrogen and oxygen atoms in total. The molecule has 5 rings (SSSR count). The molecule has 0 aliphatic carbocycles. The summed E-state index contributed by atoms with van der Waals surface area (Å²) in [4.78, 5) is 18.7. The molecule has 0 atom stereocenters. The molecule has 0 unspecified atom stereocenters. The maximum Gasteiger partial charge on any atom is 0.263 e. The highest BCUT2D eigenvalue weighted by atomic mass is 35.5. The van der Waals surface area contributed by atoms with E-state index in [-0.39, 0.29) is 18.8 Å². The van der Waals surface area contributed by atoms with E-state index in [9.17, 15) is 13.2 Å². The summed E-state index contributed by atoms with van der Waals surface area (Å²) in [5.41, 5.74) is 4.97. The van der Waals surface area contributed by atoms with E-state index in [2.05, 4.69) is 29.0 Å². The molecule has 1 aliphatic rings. The van der Waals surface area contributed by atoms with E-state index < -0.39 is 10.0 Å². The van der Waals surface area contributed by atoms with Gasteiger partial charge in [-0.15, -0.1) is 0 Å². The monoisotopic (exact) mass is 549 g/mol. The summed E-state index contributed by atoms with van der Waals surface area (Å²) in [7, 11) is -3.71. The van der Waals surface area contributed by atoms with Gasteiger partial charge in [-0.05, 0) is 48.5 Å². The molecule has 2 aromatic carbocycles. The molecule has 3 heterocycles. The lowest BCUT2D eigenvalue weighted by molar-refractivity contribution is -0.126. The number of nitrogens with zero attached hydrogens (tertiary/aromatic N) is 5. The number of halogens is 1. The largest absolute Gasteiger partial charge is 0.369 e. The number of aromatic nitrogens is 3. The number of anilines is 2. The second kappa shape index (κ2) is 10.4. The number of hydrazine groups is 1. The molecule has 1 saturated heterocycles. The maximum absolute atomic E-state index is 12.5. The third-order valence-electron chi connectivity index (χ3n) is 5.97. The summed E-state index contributed by atoms with van der Waals surface area (Å²) in [5.74, 6) is -0.0308. The van der Waals surface area contributed by atoms with Gasteiger partial charge in [-0.25, -0.2) is 18.4 Å². The molecule has 0 bridgehead atoms. The molecule has 2 aromatic heterocycles. The van der Waals surface area contributed by atoms with Crippen molar-refractivity contribution in [3.05, 3.63) is 66.1 Å². The zero-order valence-electron chi connectivity index (χ0n) is 19.2. The van der Waals surface area contributed by atoms with Gasteiger partial charge in [0.15, 0.2) is 0 Å². The van der Waals surface area contributed by atoms with Crippen LogP contribution in [-0.2, 0) is 21.4 Å². The van der Waals surface area contributed by atoms with Crippen LogP contribution in [0.2, 0.25) is 5.02 Å². The number of sulfonamides is 1. The number of benzene rings is 2. The Kier molecular flexibility index (Phi) is 7.10. The van der Waals surface area contributed by atoms with E-state index in [0.29, 0.717) is 44.2 Å². The Morgan fingerprint density at radius 1 is 1.08 bits per heavy atom. The second-order valence-electron chi connectivity index (χ2n) is 8.32. The number of hydrogen-bond acceptors (Lipinski definition) is 8. The molecule has 36 heavy (non-hydrogen) atoms. The summed E-state index contributed by atoms with van der Waals surface area (Å²) in [6, 6.07) is 14.5. The Labute approximate surface area is 220 Å². The molecule has 0 radical (unpaired) electrons. The minimum atomic E-state index is -3.71. The average Bonchev–Trinajstić information content (AvgIpc) is 3.52. The molecule has 0 saturated carbocycles. The Hall–Kier alpha value is -3.19. The lowest BCUT2D eigenvalue weighted by atomic mass is 10.2. The van der Waals surface area contributed by atoms with Crippen LogP contribution < -0.4 is 15.0 Å².